The number of aromatic nitrogens is 4. The van der Waals surface area contributed by atoms with Crippen molar-refractivity contribution >= 4 is 5.69 Å². The molecular weight excluding hydrogens is 384 g/mol. The Bertz CT molecular complexity index is 1020. The predicted octanol–water partition coefficient (Wildman–Crippen LogP) is 2.85. The molecular formula is C25H35N6+. The maximum atomic E-state index is 4.53. The number of nitrogens with zero attached hydrogens (tertiary/aromatic N) is 5. The summed E-state index contributed by atoms with van der Waals surface area (Å²) < 4.78 is 2.00. The van der Waals surface area contributed by atoms with Gasteiger partial charge < -0.3 is 9.80 Å². The summed E-state index contributed by atoms with van der Waals surface area (Å²) in [4.78, 5) is 4.05. The third-order valence-corrected chi connectivity index (χ3v) is 6.32. The lowest BCUT2D eigenvalue weighted by atomic mass is 10.00. The molecule has 3 aromatic rings. The van der Waals surface area contributed by atoms with Gasteiger partial charge in [-0.3, -0.25) is 0 Å². The first-order valence-electron chi connectivity index (χ1n) is 11.3. The van der Waals surface area contributed by atoms with E-state index in [-0.39, 0.29) is 11.6 Å². The van der Waals surface area contributed by atoms with E-state index in [4.69, 9.17) is 0 Å². The number of hydrogen-bond acceptors (Lipinski definition) is 4. The molecule has 0 radical (unpaired) electrons. The fourth-order valence-electron chi connectivity index (χ4n) is 4.56. The lowest BCUT2D eigenvalue weighted by Crippen LogP contribution is -3.15. The van der Waals surface area contributed by atoms with Crippen molar-refractivity contribution in [2.75, 3.05) is 31.1 Å². The normalized spacial score (nSPS) is 16.5. The van der Waals surface area contributed by atoms with Gasteiger partial charge in [0.1, 0.15) is 0 Å². The number of hydrogen-bond donors (Lipinski definition) is 1. The lowest BCUT2D eigenvalue weighted by Gasteiger charge is -2.38. The fourth-order valence-corrected chi connectivity index (χ4v) is 4.56. The number of aryl methyl sites for hydroxylation is 3. The molecule has 1 saturated heterocycles. The molecule has 1 atom stereocenters. The number of benzene rings is 2. The standard InChI is InChI=1S/C25H34N6/c1-18-8-11-21(12-9-18)23(24-26-27-28-31(24)25(4,5)6)30-15-13-29(14-16-30)22-17-19(2)7-10-20(22)3/h7-12,17,23H,13-16H2,1-6H3/p+1/t23-/m1/s1. The van der Waals surface area contributed by atoms with Gasteiger partial charge in [-0.2, -0.15) is 0 Å². The van der Waals surface area contributed by atoms with Gasteiger partial charge in [-0.25, -0.2) is 4.68 Å². The molecule has 31 heavy (non-hydrogen) atoms. The minimum atomic E-state index is -0.165. The van der Waals surface area contributed by atoms with E-state index in [1.54, 1.807) is 0 Å². The zero-order chi connectivity index (χ0) is 22.2. The summed E-state index contributed by atoms with van der Waals surface area (Å²) in [6, 6.07) is 15.7. The van der Waals surface area contributed by atoms with Crippen molar-refractivity contribution in [3.8, 4) is 0 Å². The number of quaternary nitrogens is 1. The molecule has 6 nitrogen and oxygen atoms in total. The highest BCUT2D eigenvalue weighted by molar-refractivity contribution is 5.55. The van der Waals surface area contributed by atoms with E-state index in [9.17, 15) is 0 Å². The van der Waals surface area contributed by atoms with Crippen LogP contribution in [-0.2, 0) is 5.54 Å². The second-order valence-corrected chi connectivity index (χ2v) is 9.90. The van der Waals surface area contributed by atoms with Crippen molar-refractivity contribution in [2.24, 2.45) is 0 Å². The average molecular weight is 420 g/mol. The van der Waals surface area contributed by atoms with E-state index in [1.807, 2.05) is 4.68 Å². The molecule has 1 aromatic heterocycles. The van der Waals surface area contributed by atoms with Crippen LogP contribution in [0.3, 0.4) is 0 Å². The van der Waals surface area contributed by atoms with E-state index in [2.05, 4.69) is 104 Å². The highest BCUT2D eigenvalue weighted by Crippen LogP contribution is 2.24. The molecule has 6 heteroatoms. The van der Waals surface area contributed by atoms with E-state index < -0.39 is 0 Å². The summed E-state index contributed by atoms with van der Waals surface area (Å²) in [6.07, 6.45) is 0. The third-order valence-electron chi connectivity index (χ3n) is 6.32. The molecule has 1 fully saturated rings. The Labute approximate surface area is 185 Å². The van der Waals surface area contributed by atoms with Crippen LogP contribution in [0.2, 0.25) is 0 Å². The van der Waals surface area contributed by atoms with E-state index in [1.165, 1.54) is 32.8 Å². The average Bonchev–Trinajstić information content (AvgIpc) is 3.22. The first-order valence-corrected chi connectivity index (χ1v) is 11.3. The largest absolute Gasteiger partial charge is 0.360 e. The van der Waals surface area contributed by atoms with Crippen LogP contribution in [-0.4, -0.2) is 46.4 Å². The summed E-state index contributed by atoms with van der Waals surface area (Å²) in [5, 5.41) is 13.0. The predicted molar refractivity (Wildman–Crippen MR) is 125 cm³/mol. The number of tetrazole rings is 1. The Morgan fingerprint density at radius 2 is 1.55 bits per heavy atom. The van der Waals surface area contributed by atoms with Crippen LogP contribution in [0, 0.1) is 20.8 Å². The molecule has 0 bridgehead atoms. The van der Waals surface area contributed by atoms with Crippen molar-refractivity contribution in [1.29, 1.82) is 0 Å². The van der Waals surface area contributed by atoms with Gasteiger partial charge >= 0.3 is 0 Å². The van der Waals surface area contributed by atoms with Gasteiger partial charge in [0.2, 0.25) is 5.82 Å². The highest BCUT2D eigenvalue weighted by Gasteiger charge is 2.36. The molecule has 4 rings (SSSR count). The van der Waals surface area contributed by atoms with Gasteiger partial charge in [0.05, 0.1) is 31.7 Å². The Hall–Kier alpha value is -2.73. The molecule has 1 aliphatic heterocycles. The number of nitrogens with one attached hydrogen (secondary N) is 1. The molecule has 164 valence electrons. The summed E-state index contributed by atoms with van der Waals surface area (Å²) in [5.41, 5.74) is 6.42. The molecule has 0 unspecified atom stereocenters. The van der Waals surface area contributed by atoms with Crippen molar-refractivity contribution in [3.63, 3.8) is 0 Å². The van der Waals surface area contributed by atoms with Crippen LogP contribution in [0.1, 0.15) is 54.9 Å². The molecule has 0 aliphatic carbocycles. The van der Waals surface area contributed by atoms with Crippen LogP contribution in [0.4, 0.5) is 5.69 Å². The van der Waals surface area contributed by atoms with E-state index in [0.29, 0.717) is 0 Å². The Morgan fingerprint density at radius 1 is 0.903 bits per heavy atom. The Morgan fingerprint density at radius 3 is 2.19 bits per heavy atom. The Balaban J connectivity index is 1.64. The van der Waals surface area contributed by atoms with Crippen molar-refractivity contribution in [1.82, 2.24) is 20.2 Å². The monoisotopic (exact) mass is 419 g/mol. The lowest BCUT2D eigenvalue weighted by molar-refractivity contribution is -0.927. The van der Waals surface area contributed by atoms with Crippen LogP contribution in [0.15, 0.2) is 42.5 Å². The summed E-state index contributed by atoms with van der Waals surface area (Å²) in [7, 11) is 0. The first-order chi connectivity index (χ1) is 14.7. The van der Waals surface area contributed by atoms with E-state index in [0.717, 1.165) is 32.0 Å². The SMILES string of the molecule is Cc1ccc([C@H](c2nnnn2C(C)(C)C)[NH+]2CCN(c3cc(C)ccc3C)CC2)cc1. The summed E-state index contributed by atoms with van der Waals surface area (Å²) in [6.45, 7) is 17.1. The van der Waals surface area contributed by atoms with E-state index >= 15 is 0 Å². The maximum absolute atomic E-state index is 4.53. The summed E-state index contributed by atoms with van der Waals surface area (Å²) >= 11 is 0. The number of anilines is 1. The topological polar surface area (TPSA) is 51.3 Å². The Kier molecular flexibility index (Phi) is 5.84. The number of piperazine rings is 1. The molecule has 2 heterocycles. The van der Waals surface area contributed by atoms with Gasteiger partial charge in [0.15, 0.2) is 6.04 Å². The van der Waals surface area contributed by atoms with Gasteiger partial charge in [0.25, 0.3) is 0 Å². The minimum absolute atomic E-state index is 0.121. The molecule has 0 spiro atoms. The van der Waals surface area contributed by atoms with Gasteiger partial charge in [-0.15, -0.1) is 5.10 Å². The first kappa shape index (κ1) is 21.5. The molecule has 1 N–H and O–H groups in total. The zero-order valence-corrected chi connectivity index (χ0v) is 19.7. The van der Waals surface area contributed by atoms with Crippen molar-refractivity contribution in [2.45, 2.75) is 53.1 Å². The second-order valence-electron chi connectivity index (χ2n) is 9.90. The summed E-state index contributed by atoms with van der Waals surface area (Å²) in [5.74, 6) is 0.950. The maximum Gasteiger partial charge on any atom is 0.214 e. The van der Waals surface area contributed by atoms with Crippen molar-refractivity contribution in [3.05, 3.63) is 70.5 Å². The minimum Gasteiger partial charge on any atom is -0.360 e. The van der Waals surface area contributed by atoms with Crippen molar-refractivity contribution < 1.29 is 4.90 Å². The molecule has 2 aromatic carbocycles. The quantitative estimate of drug-likeness (QED) is 0.707. The zero-order valence-electron chi connectivity index (χ0n) is 19.7. The van der Waals surface area contributed by atoms with Gasteiger partial charge in [0, 0.05) is 11.3 Å². The highest BCUT2D eigenvalue weighted by atomic mass is 15.6. The number of rotatable bonds is 4. The third kappa shape index (κ3) is 4.49. The van der Waals surface area contributed by atoms with Crippen LogP contribution in [0.25, 0.3) is 0 Å². The molecule has 0 saturated carbocycles. The second kappa shape index (κ2) is 8.42. The van der Waals surface area contributed by atoms with Crippen LogP contribution < -0.4 is 9.80 Å². The van der Waals surface area contributed by atoms with Gasteiger partial charge in [-0.05, 0) is 69.2 Å². The fraction of sp³-hybridized carbons (Fsp3) is 0.480. The van der Waals surface area contributed by atoms with Crippen LogP contribution in [0.5, 0.6) is 0 Å². The molecule has 0 amide bonds. The smallest absolute Gasteiger partial charge is 0.214 e. The molecule has 1 aliphatic rings. The van der Waals surface area contributed by atoms with Crippen LogP contribution >= 0.6 is 0 Å². The van der Waals surface area contributed by atoms with Gasteiger partial charge in [-0.1, -0.05) is 42.0 Å².